The highest BCUT2D eigenvalue weighted by molar-refractivity contribution is 5.96. The molecule has 0 aromatic heterocycles. The second-order valence-electron chi connectivity index (χ2n) is 2.70. The fourth-order valence-electron chi connectivity index (χ4n) is 1.07. The molecule has 4 heteroatoms. The van der Waals surface area contributed by atoms with E-state index in [1.165, 1.54) is 11.0 Å². The van der Waals surface area contributed by atoms with E-state index in [0.717, 1.165) is 0 Å². The minimum atomic E-state index is -0.184. The molecule has 0 fully saturated rings. The monoisotopic (exact) mass is 180 g/mol. The predicted molar refractivity (Wildman–Crippen MR) is 48.7 cm³/mol. The summed E-state index contributed by atoms with van der Waals surface area (Å²) in [7, 11) is 0. The van der Waals surface area contributed by atoms with Crippen LogP contribution < -0.4 is 5.32 Å². The highest BCUT2D eigenvalue weighted by Crippen LogP contribution is 2.11. The van der Waals surface area contributed by atoms with Crippen LogP contribution in [0.25, 0.3) is 0 Å². The van der Waals surface area contributed by atoms with Crippen molar-refractivity contribution in [3.05, 3.63) is 24.4 Å². The SMILES string of the molecule is C=C1C=CC(=O)N1CC(=O)NCC. The van der Waals surface area contributed by atoms with Crippen molar-refractivity contribution in [2.24, 2.45) is 0 Å². The van der Waals surface area contributed by atoms with E-state index in [4.69, 9.17) is 0 Å². The number of amides is 2. The normalized spacial score (nSPS) is 15.3. The Kier molecular flexibility index (Phi) is 2.84. The van der Waals surface area contributed by atoms with Gasteiger partial charge in [0.05, 0.1) is 0 Å². The molecule has 0 saturated heterocycles. The minimum absolute atomic E-state index is 0.0541. The number of carbonyl (C=O) groups is 2. The molecule has 0 aromatic carbocycles. The van der Waals surface area contributed by atoms with Gasteiger partial charge in [-0.15, -0.1) is 0 Å². The summed E-state index contributed by atoms with van der Waals surface area (Å²) < 4.78 is 0. The van der Waals surface area contributed by atoms with Gasteiger partial charge < -0.3 is 10.2 Å². The number of nitrogens with one attached hydrogen (secondary N) is 1. The largest absolute Gasteiger partial charge is 0.355 e. The first-order chi connectivity index (χ1) is 6.15. The summed E-state index contributed by atoms with van der Waals surface area (Å²) in [5.41, 5.74) is 0.566. The van der Waals surface area contributed by atoms with Crippen LogP contribution in [-0.4, -0.2) is 29.8 Å². The van der Waals surface area contributed by atoms with Crippen LogP contribution in [0.15, 0.2) is 24.4 Å². The highest BCUT2D eigenvalue weighted by atomic mass is 16.2. The molecule has 0 aromatic rings. The Morgan fingerprint density at radius 2 is 2.31 bits per heavy atom. The van der Waals surface area contributed by atoms with Crippen molar-refractivity contribution < 1.29 is 9.59 Å². The van der Waals surface area contributed by atoms with Gasteiger partial charge in [0.25, 0.3) is 5.91 Å². The standard InChI is InChI=1S/C9H12N2O2/c1-3-10-8(12)6-11-7(2)4-5-9(11)13/h4-5H,2-3,6H2,1H3,(H,10,12). The third-order valence-corrected chi connectivity index (χ3v) is 1.71. The van der Waals surface area contributed by atoms with Crippen molar-refractivity contribution in [1.29, 1.82) is 0 Å². The third kappa shape index (κ3) is 2.18. The summed E-state index contributed by atoms with van der Waals surface area (Å²) in [5.74, 6) is -0.350. The molecule has 0 spiro atoms. The Balaban J connectivity index is 2.50. The molecule has 0 aliphatic carbocycles. The zero-order chi connectivity index (χ0) is 9.84. The molecule has 4 nitrogen and oxygen atoms in total. The summed E-state index contributed by atoms with van der Waals surface area (Å²) in [6.45, 7) is 6.09. The van der Waals surface area contributed by atoms with E-state index in [1.54, 1.807) is 6.08 Å². The van der Waals surface area contributed by atoms with E-state index in [-0.39, 0.29) is 18.4 Å². The van der Waals surface area contributed by atoms with Gasteiger partial charge >= 0.3 is 0 Å². The Labute approximate surface area is 76.9 Å². The van der Waals surface area contributed by atoms with Crippen molar-refractivity contribution >= 4 is 11.8 Å². The maximum absolute atomic E-state index is 11.1. The number of nitrogens with zero attached hydrogens (tertiary/aromatic N) is 1. The number of likely N-dealkylation sites (N-methyl/N-ethyl adjacent to an activating group) is 1. The summed E-state index contributed by atoms with van der Waals surface area (Å²) in [4.78, 5) is 23.6. The summed E-state index contributed by atoms with van der Waals surface area (Å²) in [5, 5.41) is 2.61. The predicted octanol–water partition coefficient (Wildman–Crippen LogP) is 0.0346. The third-order valence-electron chi connectivity index (χ3n) is 1.71. The zero-order valence-electron chi connectivity index (χ0n) is 7.54. The van der Waals surface area contributed by atoms with Crippen molar-refractivity contribution in [2.75, 3.05) is 13.1 Å². The fourth-order valence-corrected chi connectivity index (χ4v) is 1.07. The summed E-state index contributed by atoms with van der Waals surface area (Å²) in [6.07, 6.45) is 3.00. The smallest absolute Gasteiger partial charge is 0.251 e. The van der Waals surface area contributed by atoms with Crippen molar-refractivity contribution in [3.8, 4) is 0 Å². The molecule has 13 heavy (non-hydrogen) atoms. The fraction of sp³-hybridized carbons (Fsp3) is 0.333. The van der Waals surface area contributed by atoms with Gasteiger partial charge in [0.15, 0.2) is 0 Å². The lowest BCUT2D eigenvalue weighted by Crippen LogP contribution is -2.37. The van der Waals surface area contributed by atoms with Gasteiger partial charge in [-0.3, -0.25) is 9.59 Å². The Morgan fingerprint density at radius 3 is 2.77 bits per heavy atom. The van der Waals surface area contributed by atoms with Crippen molar-refractivity contribution in [2.45, 2.75) is 6.92 Å². The van der Waals surface area contributed by atoms with Gasteiger partial charge in [0, 0.05) is 18.3 Å². The maximum atomic E-state index is 11.1. The van der Waals surface area contributed by atoms with Gasteiger partial charge in [-0.1, -0.05) is 6.58 Å². The first kappa shape index (κ1) is 9.51. The van der Waals surface area contributed by atoms with Crippen LogP contribution in [0.1, 0.15) is 6.92 Å². The first-order valence-corrected chi connectivity index (χ1v) is 4.10. The molecule has 2 amide bonds. The van der Waals surface area contributed by atoms with Crippen LogP contribution in [-0.2, 0) is 9.59 Å². The molecule has 0 saturated carbocycles. The Bertz CT molecular complexity index is 263. The summed E-state index contributed by atoms with van der Waals surface area (Å²) >= 11 is 0. The van der Waals surface area contributed by atoms with E-state index in [2.05, 4.69) is 11.9 Å². The van der Waals surface area contributed by atoms with E-state index >= 15 is 0 Å². The lowest BCUT2D eigenvalue weighted by atomic mass is 10.4. The molecular formula is C9H12N2O2. The number of hydrogen-bond donors (Lipinski definition) is 1. The molecule has 1 aliphatic heterocycles. The zero-order valence-corrected chi connectivity index (χ0v) is 7.54. The number of allylic oxidation sites excluding steroid dienone is 1. The quantitative estimate of drug-likeness (QED) is 0.666. The Morgan fingerprint density at radius 1 is 1.62 bits per heavy atom. The highest BCUT2D eigenvalue weighted by Gasteiger charge is 2.20. The average Bonchev–Trinajstić information content (AvgIpc) is 2.36. The van der Waals surface area contributed by atoms with Crippen LogP contribution in [0, 0.1) is 0 Å². The molecule has 1 rings (SSSR count). The second kappa shape index (κ2) is 3.89. The van der Waals surface area contributed by atoms with Gasteiger partial charge in [-0.2, -0.15) is 0 Å². The lowest BCUT2D eigenvalue weighted by Gasteiger charge is -2.15. The van der Waals surface area contributed by atoms with Crippen LogP contribution in [0.4, 0.5) is 0 Å². The molecule has 0 atom stereocenters. The first-order valence-electron chi connectivity index (χ1n) is 4.10. The van der Waals surface area contributed by atoms with E-state index < -0.39 is 0 Å². The molecule has 0 unspecified atom stereocenters. The van der Waals surface area contributed by atoms with Crippen molar-refractivity contribution in [1.82, 2.24) is 10.2 Å². The molecule has 0 bridgehead atoms. The van der Waals surface area contributed by atoms with Crippen LogP contribution in [0.2, 0.25) is 0 Å². The van der Waals surface area contributed by atoms with E-state index in [9.17, 15) is 9.59 Å². The molecular weight excluding hydrogens is 168 g/mol. The van der Waals surface area contributed by atoms with Crippen LogP contribution in [0.3, 0.4) is 0 Å². The average molecular weight is 180 g/mol. The van der Waals surface area contributed by atoms with E-state index in [1.807, 2.05) is 6.92 Å². The number of carbonyl (C=O) groups excluding carboxylic acids is 2. The molecule has 1 heterocycles. The molecule has 0 radical (unpaired) electrons. The van der Waals surface area contributed by atoms with Crippen molar-refractivity contribution in [3.63, 3.8) is 0 Å². The molecule has 1 N–H and O–H groups in total. The molecule has 1 aliphatic rings. The topological polar surface area (TPSA) is 49.4 Å². The molecule has 70 valence electrons. The van der Waals surface area contributed by atoms with Crippen LogP contribution >= 0.6 is 0 Å². The van der Waals surface area contributed by atoms with Gasteiger partial charge in [0.2, 0.25) is 5.91 Å². The van der Waals surface area contributed by atoms with Gasteiger partial charge in [-0.25, -0.2) is 0 Å². The van der Waals surface area contributed by atoms with Gasteiger partial charge in [-0.05, 0) is 13.0 Å². The van der Waals surface area contributed by atoms with Crippen LogP contribution in [0.5, 0.6) is 0 Å². The number of hydrogen-bond acceptors (Lipinski definition) is 2. The lowest BCUT2D eigenvalue weighted by molar-refractivity contribution is -0.129. The second-order valence-corrected chi connectivity index (χ2v) is 2.70. The summed E-state index contributed by atoms with van der Waals surface area (Å²) in [6, 6.07) is 0. The number of rotatable bonds is 3. The maximum Gasteiger partial charge on any atom is 0.251 e. The van der Waals surface area contributed by atoms with E-state index in [0.29, 0.717) is 12.2 Å². The Hall–Kier alpha value is -1.58. The minimum Gasteiger partial charge on any atom is -0.355 e. The van der Waals surface area contributed by atoms with Gasteiger partial charge in [0.1, 0.15) is 6.54 Å².